The Hall–Kier alpha value is -1.02. The normalized spacial score (nSPS) is 10.2. The highest BCUT2D eigenvalue weighted by Crippen LogP contribution is 2.22. The molecule has 0 fully saturated rings. The van der Waals surface area contributed by atoms with Crippen molar-refractivity contribution in [2.45, 2.75) is 32.6 Å². The Balaban J connectivity index is 2.78. The van der Waals surface area contributed by atoms with Gasteiger partial charge in [-0.25, -0.2) is 0 Å². The molecular weight excluding hydrogens is 224 g/mol. The van der Waals surface area contributed by atoms with Gasteiger partial charge in [0.25, 0.3) is 5.24 Å². The third kappa shape index (κ3) is 3.53. The van der Waals surface area contributed by atoms with E-state index in [9.17, 15) is 4.79 Å². The van der Waals surface area contributed by atoms with Gasteiger partial charge in [0.2, 0.25) is 0 Å². The third-order valence-corrected chi connectivity index (χ3v) is 2.75. The summed E-state index contributed by atoms with van der Waals surface area (Å²) in [6, 6.07) is 5.56. The van der Waals surface area contributed by atoms with Crippen molar-refractivity contribution in [2.75, 3.05) is 7.11 Å². The lowest BCUT2D eigenvalue weighted by Crippen LogP contribution is -1.97. The van der Waals surface area contributed by atoms with Crippen LogP contribution in [0, 0.1) is 0 Å². The van der Waals surface area contributed by atoms with Crippen LogP contribution in [-0.4, -0.2) is 12.4 Å². The molecule has 0 atom stereocenters. The summed E-state index contributed by atoms with van der Waals surface area (Å²) in [5.74, 6) is 0.564. The Morgan fingerprint density at radius 1 is 1.38 bits per heavy atom. The van der Waals surface area contributed by atoms with E-state index in [1.54, 1.807) is 13.2 Å². The lowest BCUT2D eigenvalue weighted by molar-refractivity contribution is 0.107. The van der Waals surface area contributed by atoms with Crippen molar-refractivity contribution in [3.63, 3.8) is 0 Å². The molecule has 0 aliphatic carbocycles. The SMILES string of the molecule is CCCCCc1ccc(C(=O)Cl)c(OC)c1. The monoisotopic (exact) mass is 240 g/mol. The number of unbranched alkanes of at least 4 members (excludes halogenated alkanes) is 2. The number of hydrogen-bond acceptors (Lipinski definition) is 2. The first-order chi connectivity index (χ1) is 7.69. The standard InChI is InChI=1S/C13H17ClO2/c1-3-4-5-6-10-7-8-11(13(14)15)12(9-10)16-2/h7-9H,3-6H2,1-2H3. The molecule has 1 rings (SSSR count). The maximum atomic E-state index is 11.1. The van der Waals surface area contributed by atoms with E-state index in [0.29, 0.717) is 11.3 Å². The number of carbonyl (C=O) groups is 1. The molecule has 0 aliphatic rings. The van der Waals surface area contributed by atoms with Crippen molar-refractivity contribution in [3.8, 4) is 5.75 Å². The third-order valence-electron chi connectivity index (χ3n) is 2.55. The highest BCUT2D eigenvalue weighted by molar-refractivity contribution is 6.68. The van der Waals surface area contributed by atoms with Crippen molar-refractivity contribution in [2.24, 2.45) is 0 Å². The molecule has 0 bridgehead atoms. The fourth-order valence-electron chi connectivity index (χ4n) is 1.63. The Kier molecular flexibility index (Phi) is 5.33. The van der Waals surface area contributed by atoms with Crippen molar-refractivity contribution in [1.29, 1.82) is 0 Å². The minimum Gasteiger partial charge on any atom is -0.496 e. The van der Waals surface area contributed by atoms with Gasteiger partial charge in [-0.15, -0.1) is 0 Å². The van der Waals surface area contributed by atoms with Gasteiger partial charge < -0.3 is 4.74 Å². The van der Waals surface area contributed by atoms with Crippen LogP contribution in [0.1, 0.15) is 42.1 Å². The number of aryl methyl sites for hydroxylation is 1. The highest BCUT2D eigenvalue weighted by atomic mass is 35.5. The van der Waals surface area contributed by atoms with Gasteiger partial charge in [-0.2, -0.15) is 0 Å². The topological polar surface area (TPSA) is 26.3 Å². The molecule has 16 heavy (non-hydrogen) atoms. The van der Waals surface area contributed by atoms with Gasteiger partial charge in [-0.1, -0.05) is 25.8 Å². The molecule has 2 nitrogen and oxygen atoms in total. The van der Waals surface area contributed by atoms with Crippen LogP contribution in [0.3, 0.4) is 0 Å². The first-order valence-electron chi connectivity index (χ1n) is 5.55. The molecule has 0 unspecified atom stereocenters. The molecule has 0 saturated heterocycles. The molecule has 0 saturated carbocycles. The van der Waals surface area contributed by atoms with Gasteiger partial charge >= 0.3 is 0 Å². The lowest BCUT2D eigenvalue weighted by Gasteiger charge is -2.07. The summed E-state index contributed by atoms with van der Waals surface area (Å²) in [6.07, 6.45) is 4.60. The Morgan fingerprint density at radius 3 is 2.69 bits per heavy atom. The Morgan fingerprint density at radius 2 is 2.12 bits per heavy atom. The van der Waals surface area contributed by atoms with Crippen molar-refractivity contribution in [1.82, 2.24) is 0 Å². The van der Waals surface area contributed by atoms with E-state index in [1.807, 2.05) is 12.1 Å². The summed E-state index contributed by atoms with van der Waals surface area (Å²) >= 11 is 5.45. The minimum absolute atomic E-state index is 0.434. The first-order valence-corrected chi connectivity index (χ1v) is 5.93. The van der Waals surface area contributed by atoms with E-state index < -0.39 is 5.24 Å². The number of benzene rings is 1. The number of hydrogen-bond donors (Lipinski definition) is 0. The second-order valence-corrected chi connectivity index (χ2v) is 4.11. The van der Waals surface area contributed by atoms with E-state index in [2.05, 4.69) is 6.92 Å². The number of methoxy groups -OCH3 is 1. The van der Waals surface area contributed by atoms with Crippen LogP contribution in [0.4, 0.5) is 0 Å². The van der Waals surface area contributed by atoms with E-state index >= 15 is 0 Å². The predicted molar refractivity (Wildman–Crippen MR) is 66.4 cm³/mol. The van der Waals surface area contributed by atoms with E-state index in [0.717, 1.165) is 12.8 Å². The summed E-state index contributed by atoms with van der Waals surface area (Å²) in [7, 11) is 1.55. The van der Waals surface area contributed by atoms with Crippen LogP contribution in [0.2, 0.25) is 0 Å². The molecular formula is C13H17ClO2. The van der Waals surface area contributed by atoms with Gasteiger partial charge in [0.1, 0.15) is 5.75 Å². The first kappa shape index (κ1) is 13.0. The summed E-state index contributed by atoms with van der Waals surface area (Å²) < 4.78 is 5.15. The number of carbonyl (C=O) groups excluding carboxylic acids is 1. The average Bonchev–Trinajstić information content (AvgIpc) is 2.29. The molecule has 0 N–H and O–H groups in total. The van der Waals surface area contributed by atoms with Crippen LogP contribution >= 0.6 is 11.6 Å². The molecule has 88 valence electrons. The van der Waals surface area contributed by atoms with Crippen LogP contribution in [-0.2, 0) is 6.42 Å². The van der Waals surface area contributed by atoms with Gasteiger partial charge in [0.05, 0.1) is 12.7 Å². The zero-order valence-corrected chi connectivity index (χ0v) is 10.5. The molecule has 0 spiro atoms. The number of halogens is 1. The van der Waals surface area contributed by atoms with Crippen molar-refractivity contribution >= 4 is 16.8 Å². The second kappa shape index (κ2) is 6.54. The summed E-state index contributed by atoms with van der Waals surface area (Å²) in [4.78, 5) is 11.1. The maximum absolute atomic E-state index is 11.1. The summed E-state index contributed by atoms with van der Waals surface area (Å²) in [6.45, 7) is 2.18. The van der Waals surface area contributed by atoms with E-state index in [1.165, 1.54) is 18.4 Å². The van der Waals surface area contributed by atoms with Gasteiger partial charge in [0.15, 0.2) is 0 Å². The quantitative estimate of drug-likeness (QED) is 0.558. The molecule has 1 aromatic carbocycles. The minimum atomic E-state index is -0.475. The smallest absolute Gasteiger partial charge is 0.256 e. The van der Waals surface area contributed by atoms with Gasteiger partial charge in [-0.05, 0) is 42.1 Å². The molecule has 0 radical (unpaired) electrons. The summed E-state index contributed by atoms with van der Waals surface area (Å²) in [5, 5.41) is -0.475. The zero-order valence-electron chi connectivity index (χ0n) is 9.75. The highest BCUT2D eigenvalue weighted by Gasteiger charge is 2.09. The molecule has 1 aromatic rings. The van der Waals surface area contributed by atoms with Crippen LogP contribution < -0.4 is 4.74 Å². The largest absolute Gasteiger partial charge is 0.496 e. The lowest BCUT2D eigenvalue weighted by atomic mass is 10.0. The Labute approximate surface area is 102 Å². The summed E-state index contributed by atoms with van der Waals surface area (Å²) in [5.41, 5.74) is 1.62. The van der Waals surface area contributed by atoms with Gasteiger partial charge in [-0.3, -0.25) is 4.79 Å². The second-order valence-electron chi connectivity index (χ2n) is 3.77. The predicted octanol–water partition coefficient (Wildman–Crippen LogP) is 3.81. The fraction of sp³-hybridized carbons (Fsp3) is 0.462. The molecule has 0 aromatic heterocycles. The van der Waals surface area contributed by atoms with Crippen LogP contribution in [0.25, 0.3) is 0 Å². The fourth-order valence-corrected chi connectivity index (χ4v) is 1.79. The van der Waals surface area contributed by atoms with Gasteiger partial charge in [0, 0.05) is 0 Å². The Bertz CT molecular complexity index is 361. The molecule has 0 aliphatic heterocycles. The molecule has 3 heteroatoms. The van der Waals surface area contributed by atoms with E-state index in [-0.39, 0.29) is 0 Å². The maximum Gasteiger partial charge on any atom is 0.256 e. The van der Waals surface area contributed by atoms with Crippen molar-refractivity contribution in [3.05, 3.63) is 29.3 Å². The molecule has 0 heterocycles. The van der Waals surface area contributed by atoms with Crippen LogP contribution in [0.5, 0.6) is 5.75 Å². The number of ether oxygens (including phenoxy) is 1. The zero-order chi connectivity index (χ0) is 12.0. The molecule has 0 amide bonds. The number of rotatable bonds is 6. The average molecular weight is 241 g/mol. The van der Waals surface area contributed by atoms with E-state index in [4.69, 9.17) is 16.3 Å². The van der Waals surface area contributed by atoms with Crippen molar-refractivity contribution < 1.29 is 9.53 Å². The van der Waals surface area contributed by atoms with Crippen LogP contribution in [0.15, 0.2) is 18.2 Å².